The van der Waals surface area contributed by atoms with Crippen molar-refractivity contribution in [3.63, 3.8) is 0 Å². The molecule has 1 aromatic carbocycles. The molecular weight excluding hydrogens is 295 g/mol. The first-order valence-electron chi connectivity index (χ1n) is 4.86. The zero-order valence-corrected chi connectivity index (χ0v) is 10.8. The average Bonchev–Trinajstić information content (AvgIpc) is 2.75. The SMILES string of the molecule is O=C(c1ccc2c(c1)OCO2)C(Br)CCCl. The van der Waals surface area contributed by atoms with E-state index in [1.165, 1.54) is 0 Å². The zero-order chi connectivity index (χ0) is 11.5. The molecule has 0 radical (unpaired) electrons. The molecule has 1 atom stereocenters. The van der Waals surface area contributed by atoms with Crippen molar-refractivity contribution in [1.29, 1.82) is 0 Å². The summed E-state index contributed by atoms with van der Waals surface area (Å²) in [5, 5.41) is 0. The molecule has 1 aromatic rings. The van der Waals surface area contributed by atoms with Crippen LogP contribution in [0.3, 0.4) is 0 Å². The van der Waals surface area contributed by atoms with Crippen LogP contribution in [0, 0.1) is 0 Å². The summed E-state index contributed by atoms with van der Waals surface area (Å²) < 4.78 is 10.4. The Balaban J connectivity index is 2.18. The van der Waals surface area contributed by atoms with Gasteiger partial charge in [0, 0.05) is 11.4 Å². The predicted molar refractivity (Wildman–Crippen MR) is 64.9 cm³/mol. The molecule has 0 aromatic heterocycles. The summed E-state index contributed by atoms with van der Waals surface area (Å²) in [5.74, 6) is 1.77. The molecule has 3 nitrogen and oxygen atoms in total. The first kappa shape index (κ1) is 11.7. The molecule has 16 heavy (non-hydrogen) atoms. The fraction of sp³-hybridized carbons (Fsp3) is 0.364. The molecule has 0 bridgehead atoms. The highest BCUT2D eigenvalue weighted by molar-refractivity contribution is 9.10. The third-order valence-corrected chi connectivity index (χ3v) is 3.40. The van der Waals surface area contributed by atoms with E-state index in [0.29, 0.717) is 29.4 Å². The molecule has 0 aliphatic carbocycles. The number of Topliss-reactive ketones (excluding diaryl/α,β-unsaturated/α-hetero) is 1. The van der Waals surface area contributed by atoms with Gasteiger partial charge in [-0.05, 0) is 24.6 Å². The quantitative estimate of drug-likeness (QED) is 0.634. The summed E-state index contributed by atoms with van der Waals surface area (Å²) >= 11 is 8.91. The fourth-order valence-electron chi connectivity index (χ4n) is 1.46. The van der Waals surface area contributed by atoms with Gasteiger partial charge >= 0.3 is 0 Å². The van der Waals surface area contributed by atoms with Crippen molar-refractivity contribution in [2.24, 2.45) is 0 Å². The van der Waals surface area contributed by atoms with E-state index in [-0.39, 0.29) is 17.4 Å². The maximum atomic E-state index is 11.9. The average molecular weight is 306 g/mol. The first-order valence-corrected chi connectivity index (χ1v) is 6.31. The second-order valence-corrected chi connectivity index (χ2v) is 4.86. The minimum Gasteiger partial charge on any atom is -0.454 e. The van der Waals surface area contributed by atoms with Crippen molar-refractivity contribution in [2.75, 3.05) is 12.7 Å². The number of hydrogen-bond donors (Lipinski definition) is 0. The van der Waals surface area contributed by atoms with Gasteiger partial charge < -0.3 is 9.47 Å². The van der Waals surface area contributed by atoms with Crippen molar-refractivity contribution >= 4 is 33.3 Å². The Morgan fingerprint density at radius 2 is 2.19 bits per heavy atom. The molecule has 0 amide bonds. The number of carbonyl (C=O) groups is 1. The van der Waals surface area contributed by atoms with Gasteiger partial charge in [0.2, 0.25) is 6.79 Å². The van der Waals surface area contributed by atoms with Crippen LogP contribution in [0.4, 0.5) is 0 Å². The van der Waals surface area contributed by atoms with Crippen LogP contribution >= 0.6 is 27.5 Å². The minimum absolute atomic E-state index is 0.0129. The molecule has 1 aliphatic rings. The molecular formula is C11H10BrClO3. The van der Waals surface area contributed by atoms with Gasteiger partial charge in [-0.1, -0.05) is 15.9 Å². The lowest BCUT2D eigenvalue weighted by atomic mass is 10.1. The van der Waals surface area contributed by atoms with Gasteiger partial charge in [-0.2, -0.15) is 0 Å². The van der Waals surface area contributed by atoms with Gasteiger partial charge in [-0.15, -0.1) is 11.6 Å². The number of benzene rings is 1. The van der Waals surface area contributed by atoms with Crippen LogP contribution in [0.1, 0.15) is 16.8 Å². The van der Waals surface area contributed by atoms with Gasteiger partial charge in [0.1, 0.15) is 0 Å². The van der Waals surface area contributed by atoms with Crippen LogP contribution < -0.4 is 9.47 Å². The summed E-state index contributed by atoms with van der Waals surface area (Å²) in [5.41, 5.74) is 0.608. The zero-order valence-electron chi connectivity index (χ0n) is 8.41. The second kappa shape index (κ2) is 5.06. The lowest BCUT2D eigenvalue weighted by molar-refractivity contribution is 0.0990. The van der Waals surface area contributed by atoms with Crippen LogP contribution in [0.2, 0.25) is 0 Å². The molecule has 0 fully saturated rings. The lowest BCUT2D eigenvalue weighted by Crippen LogP contribution is -2.14. The molecule has 5 heteroatoms. The van der Waals surface area contributed by atoms with Crippen LogP contribution in [0.5, 0.6) is 11.5 Å². The molecule has 86 valence electrons. The Morgan fingerprint density at radius 1 is 1.44 bits per heavy atom. The number of hydrogen-bond acceptors (Lipinski definition) is 3. The summed E-state index contributed by atoms with van der Waals surface area (Å²) in [6, 6.07) is 5.18. The molecule has 0 saturated heterocycles. The van der Waals surface area contributed by atoms with E-state index in [2.05, 4.69) is 15.9 Å². The minimum atomic E-state index is -0.245. The van der Waals surface area contributed by atoms with E-state index in [9.17, 15) is 4.79 Å². The van der Waals surface area contributed by atoms with Gasteiger partial charge in [0.05, 0.1) is 4.83 Å². The summed E-state index contributed by atoms with van der Waals surface area (Å²) in [7, 11) is 0. The van der Waals surface area contributed by atoms with Crippen molar-refractivity contribution in [3.05, 3.63) is 23.8 Å². The van der Waals surface area contributed by atoms with Crippen LogP contribution in [0.25, 0.3) is 0 Å². The summed E-state index contributed by atoms with van der Waals surface area (Å²) in [6.45, 7) is 0.215. The molecule has 1 aliphatic heterocycles. The van der Waals surface area contributed by atoms with E-state index in [4.69, 9.17) is 21.1 Å². The molecule has 1 heterocycles. The Morgan fingerprint density at radius 3 is 2.94 bits per heavy atom. The maximum absolute atomic E-state index is 11.9. The highest BCUT2D eigenvalue weighted by atomic mass is 79.9. The Labute approximate surface area is 107 Å². The molecule has 0 saturated carbocycles. The van der Waals surface area contributed by atoms with Crippen molar-refractivity contribution in [3.8, 4) is 11.5 Å². The molecule has 0 N–H and O–H groups in total. The topological polar surface area (TPSA) is 35.5 Å². The molecule has 0 spiro atoms. The number of halogens is 2. The highest BCUT2D eigenvalue weighted by Crippen LogP contribution is 2.33. The second-order valence-electron chi connectivity index (χ2n) is 3.38. The van der Waals surface area contributed by atoms with Gasteiger partial charge in [0.15, 0.2) is 17.3 Å². The number of alkyl halides is 2. The Kier molecular flexibility index (Phi) is 3.71. The fourth-order valence-corrected chi connectivity index (χ4v) is 2.43. The predicted octanol–water partition coefficient (Wildman–Crippen LogP) is 2.99. The Bertz CT molecular complexity index is 408. The standard InChI is InChI=1S/C11H10BrClO3/c12-8(3-4-13)11(14)7-1-2-9-10(5-7)16-6-15-9/h1-2,5,8H,3-4,6H2. The van der Waals surface area contributed by atoms with E-state index in [1.807, 2.05) is 0 Å². The number of carbonyl (C=O) groups excluding carboxylic acids is 1. The first-order chi connectivity index (χ1) is 7.72. The van der Waals surface area contributed by atoms with Crippen LogP contribution in [-0.4, -0.2) is 23.3 Å². The van der Waals surface area contributed by atoms with E-state index in [1.54, 1.807) is 18.2 Å². The van der Waals surface area contributed by atoms with Gasteiger partial charge in [0.25, 0.3) is 0 Å². The number of fused-ring (bicyclic) bond motifs is 1. The largest absolute Gasteiger partial charge is 0.454 e. The number of ketones is 1. The number of rotatable bonds is 4. The van der Waals surface area contributed by atoms with Crippen LogP contribution in [-0.2, 0) is 0 Å². The van der Waals surface area contributed by atoms with Crippen LogP contribution in [0.15, 0.2) is 18.2 Å². The number of ether oxygens (including phenoxy) is 2. The third-order valence-electron chi connectivity index (χ3n) is 2.30. The van der Waals surface area contributed by atoms with Crippen molar-refractivity contribution in [1.82, 2.24) is 0 Å². The van der Waals surface area contributed by atoms with E-state index in [0.717, 1.165) is 0 Å². The molecule has 1 unspecified atom stereocenters. The van der Waals surface area contributed by atoms with E-state index >= 15 is 0 Å². The van der Waals surface area contributed by atoms with Crippen molar-refractivity contribution < 1.29 is 14.3 Å². The monoisotopic (exact) mass is 304 g/mol. The summed E-state index contributed by atoms with van der Waals surface area (Å²) in [6.07, 6.45) is 0.606. The highest BCUT2D eigenvalue weighted by Gasteiger charge is 2.20. The lowest BCUT2D eigenvalue weighted by Gasteiger charge is -2.07. The normalized spacial score (nSPS) is 14.9. The third kappa shape index (κ3) is 2.33. The van der Waals surface area contributed by atoms with Crippen molar-refractivity contribution in [2.45, 2.75) is 11.2 Å². The summed E-state index contributed by atoms with van der Waals surface area (Å²) in [4.78, 5) is 11.7. The van der Waals surface area contributed by atoms with Gasteiger partial charge in [-0.3, -0.25) is 4.79 Å². The molecule has 2 rings (SSSR count). The smallest absolute Gasteiger partial charge is 0.231 e. The Hall–Kier alpha value is -0.740. The maximum Gasteiger partial charge on any atom is 0.231 e. The van der Waals surface area contributed by atoms with E-state index < -0.39 is 0 Å². The van der Waals surface area contributed by atoms with Gasteiger partial charge in [-0.25, -0.2) is 0 Å².